The van der Waals surface area contributed by atoms with Crippen LogP contribution in [-0.2, 0) is 9.59 Å². The summed E-state index contributed by atoms with van der Waals surface area (Å²) < 4.78 is 0. The van der Waals surface area contributed by atoms with Crippen LogP contribution < -0.4 is 5.32 Å². The Bertz CT molecular complexity index is 459. The zero-order valence-electron chi connectivity index (χ0n) is 14.0. The molecule has 0 unspecified atom stereocenters. The van der Waals surface area contributed by atoms with Crippen LogP contribution >= 0.6 is 0 Å². The number of urea groups is 1. The first-order valence-electron chi connectivity index (χ1n) is 8.24. The van der Waals surface area contributed by atoms with Gasteiger partial charge in [-0.3, -0.25) is 14.5 Å². The first kappa shape index (κ1) is 16.8. The summed E-state index contributed by atoms with van der Waals surface area (Å²) in [4.78, 5) is 40.2. The topological polar surface area (TPSA) is 69.7 Å². The van der Waals surface area contributed by atoms with Crippen LogP contribution in [0.1, 0.15) is 59.8 Å². The maximum atomic E-state index is 12.7. The van der Waals surface area contributed by atoms with E-state index in [-0.39, 0.29) is 30.4 Å². The second-order valence-electron chi connectivity index (χ2n) is 6.95. The molecule has 1 N–H and O–H groups in total. The fraction of sp³-hybridized carbons (Fsp3) is 0.812. The van der Waals surface area contributed by atoms with Crippen molar-refractivity contribution in [1.82, 2.24) is 15.1 Å². The second-order valence-corrected chi connectivity index (χ2v) is 6.95. The Morgan fingerprint density at radius 1 is 1.14 bits per heavy atom. The molecule has 22 heavy (non-hydrogen) atoms. The lowest BCUT2D eigenvalue weighted by Gasteiger charge is -2.32. The molecule has 1 aliphatic heterocycles. The monoisotopic (exact) mass is 309 g/mol. The number of rotatable bonds is 4. The van der Waals surface area contributed by atoms with Gasteiger partial charge in [-0.2, -0.15) is 0 Å². The lowest BCUT2D eigenvalue weighted by atomic mass is 9.82. The van der Waals surface area contributed by atoms with Gasteiger partial charge in [0.05, 0.1) is 0 Å². The van der Waals surface area contributed by atoms with Crippen LogP contribution in [-0.4, -0.2) is 51.8 Å². The van der Waals surface area contributed by atoms with Crippen molar-refractivity contribution in [2.24, 2.45) is 0 Å². The highest BCUT2D eigenvalue weighted by Gasteiger charge is 2.51. The van der Waals surface area contributed by atoms with Crippen molar-refractivity contribution in [2.75, 3.05) is 6.54 Å². The maximum Gasteiger partial charge on any atom is 0.325 e. The number of nitrogens with one attached hydrogen (secondary N) is 1. The van der Waals surface area contributed by atoms with E-state index in [2.05, 4.69) is 5.32 Å². The molecule has 0 bridgehead atoms. The van der Waals surface area contributed by atoms with Crippen LogP contribution in [0.4, 0.5) is 4.79 Å². The number of hydrogen-bond donors (Lipinski definition) is 1. The average molecular weight is 309 g/mol. The zero-order chi connectivity index (χ0) is 16.5. The van der Waals surface area contributed by atoms with Crippen LogP contribution in [0, 0.1) is 0 Å². The van der Waals surface area contributed by atoms with Crippen molar-refractivity contribution in [1.29, 1.82) is 0 Å². The molecular formula is C16H27N3O3. The predicted octanol–water partition coefficient (Wildman–Crippen LogP) is 1.89. The van der Waals surface area contributed by atoms with Gasteiger partial charge in [0.1, 0.15) is 12.1 Å². The van der Waals surface area contributed by atoms with Crippen molar-refractivity contribution >= 4 is 17.8 Å². The molecule has 1 heterocycles. The lowest BCUT2D eigenvalue weighted by Crippen LogP contribution is -2.50. The molecule has 1 saturated heterocycles. The number of amides is 4. The Hall–Kier alpha value is -1.59. The number of imide groups is 1. The van der Waals surface area contributed by atoms with Crippen LogP contribution in [0.15, 0.2) is 0 Å². The number of nitrogens with zero attached hydrogens (tertiary/aromatic N) is 2. The standard InChI is InChI=1S/C16H27N3O3/c1-11(2)19(12(3)4)13(20)10-18-14(21)16(17-15(18)22)8-6-5-7-9-16/h11-12H,5-10H2,1-4H3,(H,17,22). The van der Waals surface area contributed by atoms with Crippen molar-refractivity contribution < 1.29 is 14.4 Å². The van der Waals surface area contributed by atoms with Crippen molar-refractivity contribution in [2.45, 2.75) is 77.4 Å². The van der Waals surface area contributed by atoms with E-state index >= 15 is 0 Å². The molecule has 2 fully saturated rings. The molecule has 6 nitrogen and oxygen atoms in total. The van der Waals surface area contributed by atoms with Gasteiger partial charge in [-0.15, -0.1) is 0 Å². The third kappa shape index (κ3) is 2.96. The van der Waals surface area contributed by atoms with E-state index < -0.39 is 11.6 Å². The summed E-state index contributed by atoms with van der Waals surface area (Å²) in [7, 11) is 0. The quantitative estimate of drug-likeness (QED) is 0.806. The summed E-state index contributed by atoms with van der Waals surface area (Å²) in [6, 6.07) is -0.346. The van der Waals surface area contributed by atoms with Crippen LogP contribution in [0.5, 0.6) is 0 Å². The average Bonchev–Trinajstić information content (AvgIpc) is 2.63. The van der Waals surface area contributed by atoms with Crippen LogP contribution in [0.25, 0.3) is 0 Å². The smallest absolute Gasteiger partial charge is 0.325 e. The molecule has 0 aromatic rings. The highest BCUT2D eigenvalue weighted by molar-refractivity contribution is 6.09. The van der Waals surface area contributed by atoms with Crippen molar-refractivity contribution in [3.8, 4) is 0 Å². The van der Waals surface area contributed by atoms with Gasteiger partial charge in [0.15, 0.2) is 0 Å². The zero-order valence-corrected chi connectivity index (χ0v) is 14.0. The summed E-state index contributed by atoms with van der Waals surface area (Å²) in [5.41, 5.74) is -0.754. The first-order valence-corrected chi connectivity index (χ1v) is 8.24. The number of carbonyl (C=O) groups excluding carboxylic acids is 3. The van der Waals surface area contributed by atoms with E-state index in [1.165, 1.54) is 0 Å². The molecule has 0 atom stereocenters. The minimum Gasteiger partial charge on any atom is -0.336 e. The SMILES string of the molecule is CC(C)N(C(=O)CN1C(=O)NC2(CCCCC2)C1=O)C(C)C. The van der Waals surface area contributed by atoms with Gasteiger partial charge in [0.2, 0.25) is 5.91 Å². The normalized spacial score (nSPS) is 20.9. The highest BCUT2D eigenvalue weighted by atomic mass is 16.2. The summed E-state index contributed by atoms with van der Waals surface area (Å²) in [5, 5.41) is 2.84. The number of hydrogen-bond acceptors (Lipinski definition) is 3. The molecule has 2 aliphatic rings. The predicted molar refractivity (Wildman–Crippen MR) is 83.2 cm³/mol. The fourth-order valence-electron chi connectivity index (χ4n) is 3.70. The molecule has 124 valence electrons. The Kier molecular flexibility index (Phi) is 4.78. The third-order valence-corrected chi connectivity index (χ3v) is 4.65. The molecule has 0 aromatic carbocycles. The lowest BCUT2D eigenvalue weighted by molar-refractivity contribution is -0.141. The van der Waals surface area contributed by atoms with E-state index in [4.69, 9.17) is 0 Å². The molecule has 0 aromatic heterocycles. The van der Waals surface area contributed by atoms with E-state index in [1.54, 1.807) is 4.90 Å². The molecule has 2 rings (SSSR count). The van der Waals surface area contributed by atoms with Gasteiger partial charge in [0.25, 0.3) is 5.91 Å². The summed E-state index contributed by atoms with van der Waals surface area (Å²) >= 11 is 0. The van der Waals surface area contributed by atoms with Gasteiger partial charge in [0, 0.05) is 12.1 Å². The number of carbonyl (C=O) groups is 3. The summed E-state index contributed by atoms with van der Waals surface area (Å²) in [6.07, 6.45) is 4.34. The Morgan fingerprint density at radius 2 is 1.68 bits per heavy atom. The first-order chi connectivity index (χ1) is 10.3. The fourth-order valence-corrected chi connectivity index (χ4v) is 3.70. The Morgan fingerprint density at radius 3 is 2.18 bits per heavy atom. The van der Waals surface area contributed by atoms with Gasteiger partial charge in [-0.25, -0.2) is 4.79 Å². The molecule has 1 saturated carbocycles. The van der Waals surface area contributed by atoms with Crippen molar-refractivity contribution in [3.05, 3.63) is 0 Å². The van der Waals surface area contributed by atoms with Crippen LogP contribution in [0.3, 0.4) is 0 Å². The van der Waals surface area contributed by atoms with Gasteiger partial charge in [-0.05, 0) is 40.5 Å². The highest BCUT2D eigenvalue weighted by Crippen LogP contribution is 2.33. The van der Waals surface area contributed by atoms with Crippen molar-refractivity contribution in [3.63, 3.8) is 0 Å². The van der Waals surface area contributed by atoms with Gasteiger partial charge < -0.3 is 10.2 Å². The minimum absolute atomic E-state index is 0.0388. The largest absolute Gasteiger partial charge is 0.336 e. The molecule has 4 amide bonds. The Balaban J connectivity index is 2.11. The summed E-state index contributed by atoms with van der Waals surface area (Å²) in [5.74, 6) is -0.403. The maximum absolute atomic E-state index is 12.7. The minimum atomic E-state index is -0.754. The molecular weight excluding hydrogens is 282 g/mol. The van der Waals surface area contributed by atoms with Crippen LogP contribution in [0.2, 0.25) is 0 Å². The van der Waals surface area contributed by atoms with E-state index in [9.17, 15) is 14.4 Å². The Labute approximate surface area is 132 Å². The second kappa shape index (κ2) is 6.26. The van der Waals surface area contributed by atoms with E-state index in [0.717, 1.165) is 24.2 Å². The van der Waals surface area contributed by atoms with E-state index in [0.29, 0.717) is 12.8 Å². The molecule has 1 aliphatic carbocycles. The molecule has 1 spiro atoms. The molecule has 0 radical (unpaired) electrons. The summed E-state index contributed by atoms with van der Waals surface area (Å²) in [6.45, 7) is 7.58. The van der Waals surface area contributed by atoms with Gasteiger partial charge in [-0.1, -0.05) is 19.3 Å². The van der Waals surface area contributed by atoms with E-state index in [1.807, 2.05) is 27.7 Å². The third-order valence-electron chi connectivity index (χ3n) is 4.65. The van der Waals surface area contributed by atoms with Gasteiger partial charge >= 0.3 is 6.03 Å². The molecule has 6 heteroatoms.